The minimum atomic E-state index is -5.10. The standard InChI is InChI=1S/C23H10BrF8N5O/c24-18-17(38-36-20(18)11-5-4-10(22(27,28)29)6-13(11)23(30,31)32)9-37-8-16-15(7-33-37)34-21(35-16)12-2-1-3-14(25)19(12)26/h1-8H,9H2/p+1. The fraction of sp³-hybridized carbons (Fsp3) is 0.130. The van der Waals surface area contributed by atoms with Gasteiger partial charge in [0.2, 0.25) is 18.5 Å². The number of aromatic amines is 1. The Kier molecular flexibility index (Phi) is 6.20. The van der Waals surface area contributed by atoms with Crippen LogP contribution in [0.25, 0.3) is 33.7 Å². The lowest BCUT2D eigenvalue weighted by Gasteiger charge is -2.14. The molecule has 0 saturated carbocycles. The van der Waals surface area contributed by atoms with Gasteiger partial charge in [0.15, 0.2) is 11.6 Å². The minimum Gasteiger partial charge on any atom is -0.353 e. The Bertz CT molecular complexity index is 1680. The molecule has 0 aliphatic carbocycles. The third kappa shape index (κ3) is 4.73. The normalized spacial score (nSPS) is 12.4. The topological polar surface area (TPSA) is 71.5 Å². The van der Waals surface area contributed by atoms with Crippen molar-refractivity contribution in [2.75, 3.05) is 0 Å². The Balaban J connectivity index is 1.48. The SMILES string of the molecule is Fc1cccc(-c2nc3cn[n+](Cc4onc(-c5ccc(C(F)(F)F)cc5C(F)(F)F)c4Br)cc3[nH]2)c1F. The van der Waals surface area contributed by atoms with E-state index in [1.165, 1.54) is 29.2 Å². The molecule has 2 aromatic carbocycles. The van der Waals surface area contributed by atoms with Gasteiger partial charge in [-0.25, -0.2) is 13.8 Å². The van der Waals surface area contributed by atoms with Crippen LogP contribution in [0.2, 0.25) is 0 Å². The van der Waals surface area contributed by atoms with E-state index in [4.69, 9.17) is 4.52 Å². The van der Waals surface area contributed by atoms with Crippen molar-refractivity contribution in [3.63, 3.8) is 0 Å². The van der Waals surface area contributed by atoms with E-state index >= 15 is 0 Å². The Morgan fingerprint density at radius 1 is 0.974 bits per heavy atom. The zero-order chi connectivity index (χ0) is 27.4. The number of hydrogen-bond donors (Lipinski definition) is 1. The van der Waals surface area contributed by atoms with Crippen molar-refractivity contribution in [3.8, 4) is 22.6 Å². The van der Waals surface area contributed by atoms with Crippen LogP contribution in [0.3, 0.4) is 0 Å². The Hall–Kier alpha value is -3.88. The maximum atomic E-state index is 14.1. The number of fused-ring (bicyclic) bond motifs is 1. The van der Waals surface area contributed by atoms with Crippen molar-refractivity contribution in [1.29, 1.82) is 0 Å². The highest BCUT2D eigenvalue weighted by molar-refractivity contribution is 9.10. The van der Waals surface area contributed by atoms with Gasteiger partial charge < -0.3 is 9.51 Å². The second-order valence-electron chi connectivity index (χ2n) is 7.98. The highest BCUT2D eigenvalue weighted by atomic mass is 79.9. The molecule has 0 aliphatic rings. The summed E-state index contributed by atoms with van der Waals surface area (Å²) < 4.78 is 114. The Morgan fingerprint density at radius 2 is 1.74 bits per heavy atom. The summed E-state index contributed by atoms with van der Waals surface area (Å²) in [6.45, 7) is -0.159. The van der Waals surface area contributed by atoms with Crippen molar-refractivity contribution in [3.05, 3.63) is 81.8 Å². The molecule has 0 unspecified atom stereocenters. The lowest BCUT2D eigenvalue weighted by Crippen LogP contribution is -2.37. The van der Waals surface area contributed by atoms with Crippen LogP contribution < -0.4 is 4.68 Å². The molecule has 0 bridgehead atoms. The first kappa shape index (κ1) is 25.8. The number of benzene rings is 2. The first-order valence-corrected chi connectivity index (χ1v) is 11.2. The van der Waals surface area contributed by atoms with Crippen molar-refractivity contribution in [2.45, 2.75) is 18.9 Å². The summed E-state index contributed by atoms with van der Waals surface area (Å²) in [6, 6.07) is 4.82. The number of H-pyrrole nitrogens is 1. The lowest BCUT2D eigenvalue weighted by molar-refractivity contribution is -0.746. The monoisotopic (exact) mass is 604 g/mol. The van der Waals surface area contributed by atoms with E-state index < -0.39 is 40.7 Å². The summed E-state index contributed by atoms with van der Waals surface area (Å²) in [5, 5.41) is 7.75. The molecule has 0 fully saturated rings. The van der Waals surface area contributed by atoms with Crippen molar-refractivity contribution >= 4 is 27.0 Å². The van der Waals surface area contributed by atoms with E-state index in [2.05, 4.69) is 36.2 Å². The van der Waals surface area contributed by atoms with Crippen LogP contribution >= 0.6 is 15.9 Å². The van der Waals surface area contributed by atoms with Crippen LogP contribution in [0.4, 0.5) is 35.1 Å². The molecule has 0 spiro atoms. The molecule has 5 rings (SSSR count). The fourth-order valence-corrected chi connectivity index (χ4v) is 4.18. The molecule has 6 nitrogen and oxygen atoms in total. The van der Waals surface area contributed by atoms with Crippen LogP contribution in [-0.4, -0.2) is 20.2 Å². The second-order valence-corrected chi connectivity index (χ2v) is 8.77. The second kappa shape index (κ2) is 9.15. The van der Waals surface area contributed by atoms with Crippen molar-refractivity contribution < 1.29 is 44.3 Å². The van der Waals surface area contributed by atoms with E-state index in [1.807, 2.05) is 0 Å². The highest BCUT2D eigenvalue weighted by Gasteiger charge is 2.39. The maximum Gasteiger partial charge on any atom is 0.417 e. The molecular formula is C23H11BrF8N5O+. The molecule has 3 heterocycles. The van der Waals surface area contributed by atoms with Gasteiger partial charge in [0, 0.05) is 5.56 Å². The molecule has 3 aromatic heterocycles. The summed E-state index contributed by atoms with van der Waals surface area (Å²) in [4.78, 5) is 7.02. The lowest BCUT2D eigenvalue weighted by atomic mass is 10.0. The van der Waals surface area contributed by atoms with Gasteiger partial charge in [-0.15, -0.1) is 0 Å². The molecule has 15 heteroatoms. The van der Waals surface area contributed by atoms with Gasteiger partial charge in [-0.2, -0.15) is 26.3 Å². The molecule has 1 N–H and O–H groups in total. The molecule has 0 radical (unpaired) electrons. The molecule has 0 aliphatic heterocycles. The predicted octanol–water partition coefficient (Wildman–Crippen LogP) is 6.69. The molecule has 0 saturated heterocycles. The smallest absolute Gasteiger partial charge is 0.353 e. The van der Waals surface area contributed by atoms with E-state index in [0.29, 0.717) is 23.2 Å². The van der Waals surface area contributed by atoms with Gasteiger partial charge in [-0.05, 0) is 45.3 Å². The summed E-state index contributed by atoms with van der Waals surface area (Å²) in [6.07, 6.45) is -7.32. The van der Waals surface area contributed by atoms with Crippen LogP contribution in [0, 0.1) is 11.6 Å². The molecule has 0 atom stereocenters. The van der Waals surface area contributed by atoms with Crippen molar-refractivity contribution in [1.82, 2.24) is 20.2 Å². The average Bonchev–Trinajstić information content (AvgIpc) is 3.42. The van der Waals surface area contributed by atoms with Crippen molar-refractivity contribution in [2.24, 2.45) is 0 Å². The van der Waals surface area contributed by atoms with Crippen LogP contribution in [0.15, 0.2) is 57.8 Å². The number of rotatable bonds is 4. The van der Waals surface area contributed by atoms with Crippen LogP contribution in [0.5, 0.6) is 0 Å². The maximum absolute atomic E-state index is 14.1. The molecular weight excluding hydrogens is 594 g/mol. The van der Waals surface area contributed by atoms with Gasteiger partial charge in [0.05, 0.1) is 21.2 Å². The van der Waals surface area contributed by atoms with Crippen LogP contribution in [-0.2, 0) is 18.9 Å². The summed E-state index contributed by atoms with van der Waals surface area (Å²) in [5.74, 6) is -2.08. The highest BCUT2D eigenvalue weighted by Crippen LogP contribution is 2.42. The van der Waals surface area contributed by atoms with Gasteiger partial charge in [-0.1, -0.05) is 22.0 Å². The Labute approximate surface area is 215 Å². The summed E-state index contributed by atoms with van der Waals surface area (Å²) in [7, 11) is 0. The zero-order valence-electron chi connectivity index (χ0n) is 18.4. The first-order chi connectivity index (χ1) is 17.8. The fourth-order valence-electron chi connectivity index (χ4n) is 3.70. The van der Waals surface area contributed by atoms with Gasteiger partial charge in [0.1, 0.15) is 28.7 Å². The number of alkyl halides is 6. The summed E-state index contributed by atoms with van der Waals surface area (Å²) in [5.41, 5.74) is -3.38. The Morgan fingerprint density at radius 3 is 2.45 bits per heavy atom. The van der Waals surface area contributed by atoms with Gasteiger partial charge in [-0.3, -0.25) is 0 Å². The zero-order valence-corrected chi connectivity index (χ0v) is 20.0. The quantitative estimate of drug-likeness (QED) is 0.183. The third-order valence-corrected chi connectivity index (χ3v) is 6.31. The molecule has 38 heavy (non-hydrogen) atoms. The van der Waals surface area contributed by atoms with Crippen LogP contribution in [0.1, 0.15) is 16.9 Å². The van der Waals surface area contributed by atoms with Gasteiger partial charge in [0.25, 0.3) is 0 Å². The average molecular weight is 605 g/mol. The molecule has 5 aromatic rings. The predicted molar refractivity (Wildman–Crippen MR) is 118 cm³/mol. The first-order valence-electron chi connectivity index (χ1n) is 10.5. The number of halogens is 9. The number of aromatic nitrogens is 5. The molecule has 196 valence electrons. The number of nitrogens with one attached hydrogen (secondary N) is 1. The largest absolute Gasteiger partial charge is 0.417 e. The molecule has 0 amide bonds. The number of hydrogen-bond acceptors (Lipinski definition) is 4. The number of nitrogens with zero attached hydrogens (tertiary/aromatic N) is 4. The van der Waals surface area contributed by atoms with E-state index in [-0.39, 0.29) is 39.9 Å². The minimum absolute atomic E-state index is 0.0115. The van der Waals surface area contributed by atoms with E-state index in [9.17, 15) is 35.1 Å². The van der Waals surface area contributed by atoms with E-state index in [1.54, 1.807) is 0 Å². The number of imidazole rings is 1. The van der Waals surface area contributed by atoms with E-state index in [0.717, 1.165) is 6.07 Å². The third-order valence-electron chi connectivity index (χ3n) is 5.49. The summed E-state index contributed by atoms with van der Waals surface area (Å²) >= 11 is 3.12. The van der Waals surface area contributed by atoms with Gasteiger partial charge >= 0.3 is 12.4 Å².